The Morgan fingerprint density at radius 3 is 2.81 bits per heavy atom. The number of piperidine rings is 1. The fourth-order valence-electron chi connectivity index (χ4n) is 2.98. The summed E-state index contributed by atoms with van der Waals surface area (Å²) in [7, 11) is 0. The quantitative estimate of drug-likeness (QED) is 0.193. The van der Waals surface area contributed by atoms with Crippen molar-refractivity contribution in [3.05, 3.63) is 29.3 Å². The molecule has 0 bridgehead atoms. The average molecular weight is 511 g/mol. The Labute approximate surface area is 182 Å². The van der Waals surface area contributed by atoms with E-state index in [1.165, 1.54) is 4.90 Å². The second kappa shape index (κ2) is 12.7. The van der Waals surface area contributed by atoms with Crippen LogP contribution in [-0.4, -0.2) is 48.7 Å². The van der Waals surface area contributed by atoms with Crippen LogP contribution in [0.1, 0.15) is 26.2 Å². The van der Waals surface area contributed by atoms with Gasteiger partial charge < -0.3 is 16.0 Å². The highest BCUT2D eigenvalue weighted by atomic mass is 127. The number of amides is 1. The number of nitrogens with zero attached hydrogens (tertiary/aromatic N) is 2. The number of guanidine groups is 1. The van der Waals surface area contributed by atoms with Crippen LogP contribution in [0.15, 0.2) is 34.2 Å². The number of carbonyl (C=O) groups excluding carboxylic acids is 1. The van der Waals surface area contributed by atoms with Gasteiger partial charge in [-0.1, -0.05) is 11.6 Å². The number of halogens is 2. The molecule has 0 radical (unpaired) electrons. The van der Waals surface area contributed by atoms with Gasteiger partial charge in [0.1, 0.15) is 0 Å². The second-order valence-corrected chi connectivity index (χ2v) is 7.77. The SMILES string of the molecule is CCNC(=NCCSc1ccc(Cl)cc1)N1CCCC(CC(N)=O)C1.I. The molecule has 8 heteroatoms. The zero-order chi connectivity index (χ0) is 18.1. The van der Waals surface area contributed by atoms with E-state index in [0.717, 1.165) is 55.8 Å². The molecule has 0 saturated carbocycles. The molecule has 1 saturated heterocycles. The molecule has 5 nitrogen and oxygen atoms in total. The van der Waals surface area contributed by atoms with Crippen molar-refractivity contribution in [3.63, 3.8) is 0 Å². The maximum atomic E-state index is 11.2. The number of hydrogen-bond acceptors (Lipinski definition) is 3. The summed E-state index contributed by atoms with van der Waals surface area (Å²) in [5.74, 6) is 1.97. The van der Waals surface area contributed by atoms with Crippen molar-refractivity contribution in [2.75, 3.05) is 31.9 Å². The summed E-state index contributed by atoms with van der Waals surface area (Å²) in [6, 6.07) is 7.87. The molecular weight excluding hydrogens is 483 g/mol. The fraction of sp³-hybridized carbons (Fsp3) is 0.556. The van der Waals surface area contributed by atoms with E-state index in [1.807, 2.05) is 24.3 Å². The van der Waals surface area contributed by atoms with Crippen LogP contribution in [0.2, 0.25) is 5.02 Å². The Morgan fingerprint density at radius 2 is 2.15 bits per heavy atom. The molecule has 3 N–H and O–H groups in total. The maximum absolute atomic E-state index is 11.2. The molecular formula is C18H28ClIN4OS. The van der Waals surface area contributed by atoms with E-state index in [-0.39, 0.29) is 29.9 Å². The molecule has 1 aromatic rings. The molecule has 2 rings (SSSR count). The van der Waals surface area contributed by atoms with Gasteiger partial charge in [-0.3, -0.25) is 9.79 Å². The normalized spacial score (nSPS) is 17.5. The number of nitrogens with one attached hydrogen (secondary N) is 1. The third kappa shape index (κ3) is 8.35. The van der Waals surface area contributed by atoms with Crippen molar-refractivity contribution in [1.29, 1.82) is 0 Å². The summed E-state index contributed by atoms with van der Waals surface area (Å²) in [6.07, 6.45) is 2.59. The van der Waals surface area contributed by atoms with Crippen molar-refractivity contribution in [2.45, 2.75) is 31.1 Å². The highest BCUT2D eigenvalue weighted by Gasteiger charge is 2.23. The minimum atomic E-state index is -0.215. The zero-order valence-electron chi connectivity index (χ0n) is 15.1. The largest absolute Gasteiger partial charge is 0.370 e. The second-order valence-electron chi connectivity index (χ2n) is 6.16. The van der Waals surface area contributed by atoms with Gasteiger partial charge in [0.05, 0.1) is 6.54 Å². The first-order chi connectivity index (χ1) is 12.1. The molecule has 0 spiro atoms. The molecule has 1 heterocycles. The molecule has 1 aromatic carbocycles. The van der Waals surface area contributed by atoms with Gasteiger partial charge in [-0.25, -0.2) is 0 Å². The molecule has 146 valence electrons. The van der Waals surface area contributed by atoms with Gasteiger partial charge in [-0.15, -0.1) is 35.7 Å². The molecule has 26 heavy (non-hydrogen) atoms. The third-order valence-electron chi connectivity index (χ3n) is 4.08. The van der Waals surface area contributed by atoms with Crippen LogP contribution in [0.5, 0.6) is 0 Å². The highest BCUT2D eigenvalue weighted by molar-refractivity contribution is 14.0. The molecule has 0 aliphatic carbocycles. The van der Waals surface area contributed by atoms with Gasteiger partial charge in [-0.05, 0) is 49.9 Å². The van der Waals surface area contributed by atoms with E-state index >= 15 is 0 Å². The number of benzene rings is 1. The summed E-state index contributed by atoms with van der Waals surface area (Å²) in [5, 5.41) is 4.12. The summed E-state index contributed by atoms with van der Waals surface area (Å²) in [6.45, 7) is 5.47. The lowest BCUT2D eigenvalue weighted by molar-refractivity contribution is -0.119. The van der Waals surface area contributed by atoms with Crippen molar-refractivity contribution in [1.82, 2.24) is 10.2 Å². The van der Waals surface area contributed by atoms with Crippen LogP contribution in [0.4, 0.5) is 0 Å². The van der Waals surface area contributed by atoms with Gasteiger partial charge in [0.25, 0.3) is 0 Å². The van der Waals surface area contributed by atoms with E-state index in [9.17, 15) is 4.79 Å². The third-order valence-corrected chi connectivity index (χ3v) is 5.32. The number of carbonyl (C=O) groups is 1. The van der Waals surface area contributed by atoms with Gasteiger partial charge in [0.2, 0.25) is 5.91 Å². The van der Waals surface area contributed by atoms with Crippen LogP contribution >= 0.6 is 47.3 Å². The van der Waals surface area contributed by atoms with E-state index in [2.05, 4.69) is 17.1 Å². The van der Waals surface area contributed by atoms with Crippen LogP contribution in [0.25, 0.3) is 0 Å². The Kier molecular flexibility index (Phi) is 11.4. The Hall–Kier alpha value is -0.670. The van der Waals surface area contributed by atoms with Gasteiger partial charge in [-0.2, -0.15) is 0 Å². The molecule has 1 aliphatic rings. The number of primary amides is 1. The monoisotopic (exact) mass is 510 g/mol. The molecule has 1 aliphatic heterocycles. The first kappa shape index (κ1) is 23.4. The molecule has 1 amide bonds. The average Bonchev–Trinajstić information content (AvgIpc) is 2.59. The van der Waals surface area contributed by atoms with Crippen LogP contribution in [-0.2, 0) is 4.79 Å². The van der Waals surface area contributed by atoms with E-state index in [4.69, 9.17) is 22.3 Å². The summed E-state index contributed by atoms with van der Waals surface area (Å²) >= 11 is 7.68. The molecule has 0 aromatic heterocycles. The number of thioether (sulfide) groups is 1. The van der Waals surface area contributed by atoms with Crippen molar-refractivity contribution in [2.24, 2.45) is 16.6 Å². The number of rotatable bonds is 7. The lowest BCUT2D eigenvalue weighted by atomic mass is 9.95. The van der Waals surface area contributed by atoms with E-state index in [1.54, 1.807) is 11.8 Å². The lowest BCUT2D eigenvalue weighted by Gasteiger charge is -2.34. The first-order valence-electron chi connectivity index (χ1n) is 8.78. The topological polar surface area (TPSA) is 70.7 Å². The van der Waals surface area contributed by atoms with E-state index in [0.29, 0.717) is 12.3 Å². The predicted octanol–water partition coefficient (Wildman–Crippen LogP) is 3.60. The molecule has 1 fully saturated rings. The fourth-order valence-corrected chi connectivity index (χ4v) is 3.85. The number of aliphatic imine (C=N–C) groups is 1. The predicted molar refractivity (Wildman–Crippen MR) is 122 cm³/mol. The van der Waals surface area contributed by atoms with Gasteiger partial charge in [0.15, 0.2) is 5.96 Å². The number of likely N-dealkylation sites (tertiary alicyclic amines) is 1. The van der Waals surface area contributed by atoms with Crippen LogP contribution < -0.4 is 11.1 Å². The van der Waals surface area contributed by atoms with Crippen LogP contribution in [0, 0.1) is 5.92 Å². The van der Waals surface area contributed by atoms with E-state index < -0.39 is 0 Å². The van der Waals surface area contributed by atoms with Crippen molar-refractivity contribution in [3.8, 4) is 0 Å². The Balaban J connectivity index is 0.00000338. The minimum absolute atomic E-state index is 0. The van der Waals surface area contributed by atoms with Crippen molar-refractivity contribution < 1.29 is 4.79 Å². The summed E-state index contributed by atoms with van der Waals surface area (Å²) < 4.78 is 0. The van der Waals surface area contributed by atoms with Crippen LogP contribution in [0.3, 0.4) is 0 Å². The Bertz CT molecular complexity index is 585. The standard InChI is InChI=1S/C18H27ClN4OS.HI/c1-2-21-18(23-10-3-4-14(13-23)12-17(20)24)22-9-11-25-16-7-5-15(19)6-8-16;/h5-8,14H,2-4,9-13H2,1H3,(H2,20,24)(H,21,22);1H. The van der Waals surface area contributed by atoms with Gasteiger partial charge in [0, 0.05) is 41.7 Å². The van der Waals surface area contributed by atoms with Crippen molar-refractivity contribution >= 4 is 59.2 Å². The smallest absolute Gasteiger partial charge is 0.217 e. The Morgan fingerprint density at radius 1 is 1.42 bits per heavy atom. The maximum Gasteiger partial charge on any atom is 0.217 e. The molecule has 1 unspecified atom stereocenters. The summed E-state index contributed by atoms with van der Waals surface area (Å²) in [4.78, 5) is 19.4. The highest BCUT2D eigenvalue weighted by Crippen LogP contribution is 2.21. The minimum Gasteiger partial charge on any atom is -0.370 e. The van der Waals surface area contributed by atoms with Gasteiger partial charge >= 0.3 is 0 Å². The number of hydrogen-bond donors (Lipinski definition) is 2. The lowest BCUT2D eigenvalue weighted by Crippen LogP contribution is -2.47. The molecule has 1 atom stereocenters. The summed E-state index contributed by atoms with van der Waals surface area (Å²) in [5.41, 5.74) is 5.35. The zero-order valence-corrected chi connectivity index (χ0v) is 19.0. The number of nitrogens with two attached hydrogens (primary N) is 1. The first-order valence-corrected chi connectivity index (χ1v) is 10.1.